The maximum Gasteiger partial charge on any atom is 0.326 e. The van der Waals surface area contributed by atoms with Crippen LogP contribution in [0.4, 0.5) is 0 Å². The van der Waals surface area contributed by atoms with Crippen LogP contribution >= 0.6 is 0 Å². The predicted octanol–water partition coefficient (Wildman–Crippen LogP) is -0.101. The van der Waals surface area contributed by atoms with E-state index in [1.54, 1.807) is 34.6 Å². The molecule has 11 N–H and O–H groups in total. The Labute approximate surface area is 362 Å². The molecule has 346 valence electrons. The summed E-state index contributed by atoms with van der Waals surface area (Å²) in [6.45, 7) is 13.5. The van der Waals surface area contributed by atoms with E-state index in [4.69, 9.17) is 10.8 Å². The molecule has 1 fully saturated rings. The highest BCUT2D eigenvalue weighted by Gasteiger charge is 2.40. The number of carbonyl (C=O) groups excluding carboxylic acids is 7. The van der Waals surface area contributed by atoms with Gasteiger partial charge in [-0.2, -0.15) is 0 Å². The Hall–Kier alpha value is -5.79. The quantitative estimate of drug-likeness (QED) is 0.0650. The third-order valence-corrected chi connectivity index (χ3v) is 10.7. The molecule has 1 saturated heterocycles. The second-order valence-electron chi connectivity index (χ2n) is 16.8. The molecule has 7 amide bonds. The Morgan fingerprint density at radius 2 is 1.24 bits per heavy atom. The summed E-state index contributed by atoms with van der Waals surface area (Å²) in [6, 6.07) is -3.53. The van der Waals surface area contributed by atoms with Gasteiger partial charge in [-0.15, -0.1) is 0 Å². The monoisotopic (exact) mass is 874 g/mol. The maximum atomic E-state index is 14.0. The lowest BCUT2D eigenvalue weighted by Gasteiger charge is -2.31. The van der Waals surface area contributed by atoms with Crippen molar-refractivity contribution >= 4 is 53.3 Å². The van der Waals surface area contributed by atoms with Crippen LogP contribution in [-0.2, 0) is 49.6 Å². The van der Waals surface area contributed by atoms with Gasteiger partial charge in [-0.05, 0) is 75.0 Å². The molecule has 1 heterocycles. The smallest absolute Gasteiger partial charge is 0.326 e. The molecule has 1 aromatic carbocycles. The van der Waals surface area contributed by atoms with Crippen LogP contribution in [0.15, 0.2) is 24.3 Å². The summed E-state index contributed by atoms with van der Waals surface area (Å²) in [5.41, 5.74) is 6.39. The summed E-state index contributed by atoms with van der Waals surface area (Å²) >= 11 is 0. The van der Waals surface area contributed by atoms with Gasteiger partial charge in [0.1, 0.15) is 48.0 Å². The number of aromatic hydroxyl groups is 1. The number of amides is 7. The van der Waals surface area contributed by atoms with E-state index in [0.717, 1.165) is 0 Å². The molecule has 0 bridgehead atoms. The second-order valence-corrected chi connectivity index (χ2v) is 16.8. The van der Waals surface area contributed by atoms with Crippen LogP contribution in [0.2, 0.25) is 0 Å². The summed E-state index contributed by atoms with van der Waals surface area (Å²) in [6.07, 6.45) is 0.756. The van der Waals surface area contributed by atoms with Crippen LogP contribution in [0.5, 0.6) is 5.75 Å². The third kappa shape index (κ3) is 16.2. The topological polar surface area (TPSA) is 316 Å². The molecule has 0 saturated carbocycles. The fraction of sp³-hybridized carbons (Fsp3) is 0.643. The highest BCUT2D eigenvalue weighted by Crippen LogP contribution is 2.22. The van der Waals surface area contributed by atoms with E-state index in [1.165, 1.54) is 43.0 Å². The molecule has 0 spiro atoms. The van der Waals surface area contributed by atoms with Crippen molar-refractivity contribution in [2.45, 2.75) is 149 Å². The van der Waals surface area contributed by atoms with Gasteiger partial charge >= 0.3 is 11.9 Å². The average Bonchev–Trinajstić information content (AvgIpc) is 3.71. The number of hydrogen-bond donors (Lipinski definition) is 10. The van der Waals surface area contributed by atoms with Crippen LogP contribution < -0.4 is 37.6 Å². The van der Waals surface area contributed by atoms with Gasteiger partial charge < -0.3 is 57.9 Å². The number of likely N-dealkylation sites (tertiary alicyclic amines) is 1. The molecule has 0 aromatic heterocycles. The lowest BCUT2D eigenvalue weighted by molar-refractivity contribution is -0.150. The number of benzene rings is 1. The van der Waals surface area contributed by atoms with Crippen molar-refractivity contribution in [2.75, 3.05) is 6.54 Å². The molecule has 20 nitrogen and oxygen atoms in total. The zero-order valence-corrected chi connectivity index (χ0v) is 36.9. The molecular formula is C42H66N8O12. The molecule has 20 heteroatoms. The molecule has 0 unspecified atom stereocenters. The number of phenols is 1. The summed E-state index contributed by atoms with van der Waals surface area (Å²) < 4.78 is 0. The predicted molar refractivity (Wildman–Crippen MR) is 226 cm³/mol. The first-order valence-electron chi connectivity index (χ1n) is 21.1. The minimum absolute atomic E-state index is 0.0407. The molecule has 1 aliphatic rings. The highest BCUT2D eigenvalue weighted by atomic mass is 16.4. The Bertz CT molecular complexity index is 1760. The van der Waals surface area contributed by atoms with Crippen molar-refractivity contribution in [1.82, 2.24) is 36.8 Å². The SMILES string of the molecule is CC[C@H](C)[C@H](NC(=O)[C@H](C)NC(=O)[C@H](C)NC(=O)[C@H](CC(C)C)NC(=O)[C@H](Cc1ccc(O)cc1)NC(=O)[C@@H](NC(=O)[C@@H](N)CCC(=O)O)C(C)C)C(=O)N1CCC[C@H]1C(=O)O. The van der Waals surface area contributed by atoms with Crippen molar-refractivity contribution in [3.63, 3.8) is 0 Å². The van der Waals surface area contributed by atoms with Gasteiger partial charge in [0.2, 0.25) is 41.4 Å². The van der Waals surface area contributed by atoms with E-state index in [1.807, 2.05) is 6.92 Å². The highest BCUT2D eigenvalue weighted by molar-refractivity contribution is 5.97. The van der Waals surface area contributed by atoms with Gasteiger partial charge in [-0.25, -0.2) is 4.79 Å². The van der Waals surface area contributed by atoms with Gasteiger partial charge in [0.25, 0.3) is 0 Å². The zero-order chi connectivity index (χ0) is 47.0. The van der Waals surface area contributed by atoms with Crippen LogP contribution in [0.25, 0.3) is 0 Å². The van der Waals surface area contributed by atoms with Gasteiger partial charge in [0.05, 0.1) is 6.04 Å². The van der Waals surface area contributed by atoms with Gasteiger partial charge in [-0.1, -0.05) is 60.1 Å². The van der Waals surface area contributed by atoms with Crippen molar-refractivity contribution in [2.24, 2.45) is 23.5 Å². The number of carboxylic acids is 2. The number of nitrogens with two attached hydrogens (primary N) is 1. The van der Waals surface area contributed by atoms with Gasteiger partial charge in [0, 0.05) is 19.4 Å². The first kappa shape index (κ1) is 52.3. The summed E-state index contributed by atoms with van der Waals surface area (Å²) in [5, 5.41) is 44.0. The first-order chi connectivity index (χ1) is 29.0. The summed E-state index contributed by atoms with van der Waals surface area (Å²) in [5.74, 6) is -8.36. The molecule has 62 heavy (non-hydrogen) atoms. The lowest BCUT2D eigenvalue weighted by atomic mass is 9.97. The molecule has 2 rings (SSSR count). The zero-order valence-electron chi connectivity index (χ0n) is 36.9. The van der Waals surface area contributed by atoms with E-state index < -0.39 is 108 Å². The van der Waals surface area contributed by atoms with Crippen LogP contribution in [0.1, 0.15) is 99.5 Å². The number of carbonyl (C=O) groups is 9. The molecular weight excluding hydrogens is 809 g/mol. The first-order valence-corrected chi connectivity index (χ1v) is 21.1. The Balaban J connectivity index is 2.22. The van der Waals surface area contributed by atoms with Crippen LogP contribution in [-0.4, -0.2) is 128 Å². The van der Waals surface area contributed by atoms with E-state index in [0.29, 0.717) is 24.8 Å². The number of aliphatic carboxylic acids is 2. The van der Waals surface area contributed by atoms with E-state index in [9.17, 15) is 53.4 Å². The fourth-order valence-electron chi connectivity index (χ4n) is 6.73. The van der Waals surface area contributed by atoms with E-state index in [-0.39, 0.29) is 49.8 Å². The number of phenolic OH excluding ortho intramolecular Hbond substituents is 1. The second kappa shape index (κ2) is 24.6. The molecule has 1 aliphatic heterocycles. The van der Waals surface area contributed by atoms with E-state index in [2.05, 4.69) is 31.9 Å². The van der Waals surface area contributed by atoms with Crippen LogP contribution in [0.3, 0.4) is 0 Å². The Kier molecular flexibility index (Phi) is 20.8. The van der Waals surface area contributed by atoms with Crippen molar-refractivity contribution < 1.29 is 58.5 Å². The standard InChI is InChI=1S/C42H66N8O12/c1-9-23(6)34(41(60)50-18-10-11-31(50)42(61)62)49-36(55)25(8)44-35(54)24(7)45-38(57)29(19-21(2)3)46-39(58)30(20-26-12-14-27(51)15-13-26)47-40(59)33(22(4)5)48-37(56)28(43)16-17-32(52)53/h12-15,21-25,28-31,33-34,51H,9-11,16-20,43H2,1-8H3,(H,44,54)(H,45,57)(H,46,58)(H,47,59)(H,48,56)(H,49,55)(H,52,53)(H,61,62)/t23-,24-,25-,28-,29-,30-,31-,33-,34-/m0/s1. The normalized spacial score (nSPS) is 17.6. The fourth-order valence-corrected chi connectivity index (χ4v) is 6.73. The number of nitrogens with one attached hydrogen (secondary N) is 6. The van der Waals surface area contributed by atoms with E-state index >= 15 is 0 Å². The Morgan fingerprint density at radius 1 is 0.710 bits per heavy atom. The van der Waals surface area contributed by atoms with Gasteiger partial charge in [-0.3, -0.25) is 38.4 Å². The van der Waals surface area contributed by atoms with Gasteiger partial charge in [0.15, 0.2) is 0 Å². The Morgan fingerprint density at radius 3 is 1.77 bits per heavy atom. The number of hydrogen-bond acceptors (Lipinski definition) is 11. The minimum atomic E-state index is -1.32. The number of nitrogens with zero attached hydrogens (tertiary/aromatic N) is 1. The maximum absolute atomic E-state index is 14.0. The minimum Gasteiger partial charge on any atom is -0.508 e. The van der Waals surface area contributed by atoms with Crippen molar-refractivity contribution in [1.29, 1.82) is 0 Å². The third-order valence-electron chi connectivity index (χ3n) is 10.7. The molecule has 0 aliphatic carbocycles. The average molecular weight is 875 g/mol. The lowest BCUT2D eigenvalue weighted by Crippen LogP contribution is -2.60. The largest absolute Gasteiger partial charge is 0.508 e. The number of carboxylic acid groups (broad SMARTS) is 2. The van der Waals surface area contributed by atoms with Crippen LogP contribution in [0, 0.1) is 17.8 Å². The van der Waals surface area contributed by atoms with Crippen molar-refractivity contribution in [3.05, 3.63) is 29.8 Å². The van der Waals surface area contributed by atoms with Crippen molar-refractivity contribution in [3.8, 4) is 5.75 Å². The molecule has 0 radical (unpaired) electrons. The summed E-state index contributed by atoms with van der Waals surface area (Å²) in [7, 11) is 0. The number of rotatable bonds is 24. The summed E-state index contributed by atoms with van der Waals surface area (Å²) in [4.78, 5) is 118. The molecule has 1 aromatic rings. The molecule has 9 atom stereocenters.